The average molecular weight is 383 g/mol. The summed E-state index contributed by atoms with van der Waals surface area (Å²) in [5.41, 5.74) is 0.971. The zero-order valence-electron chi connectivity index (χ0n) is 14.4. The van der Waals surface area contributed by atoms with Crippen molar-refractivity contribution >= 4 is 34.6 Å². The zero-order valence-corrected chi connectivity index (χ0v) is 14.4. The van der Waals surface area contributed by atoms with Crippen LogP contribution >= 0.6 is 0 Å². The molecule has 0 aliphatic heterocycles. The van der Waals surface area contributed by atoms with Crippen LogP contribution in [0.1, 0.15) is 0 Å². The summed E-state index contributed by atoms with van der Waals surface area (Å²) in [5, 5.41) is 27.2. The van der Waals surface area contributed by atoms with E-state index in [-0.39, 0.29) is 29.3 Å². The van der Waals surface area contributed by atoms with Gasteiger partial charge in [0, 0.05) is 35.6 Å². The minimum Gasteiger partial charge on any atom is -0.467 e. The van der Waals surface area contributed by atoms with Crippen molar-refractivity contribution in [3.63, 3.8) is 0 Å². The molecule has 0 saturated heterocycles. The third-order valence-corrected chi connectivity index (χ3v) is 3.47. The summed E-state index contributed by atoms with van der Waals surface area (Å²) in [4.78, 5) is 32.8. The molecule has 142 valence electrons. The third-order valence-electron chi connectivity index (χ3n) is 3.47. The number of anilines is 4. The van der Waals surface area contributed by atoms with E-state index in [1.54, 1.807) is 0 Å². The monoisotopic (exact) mass is 383 g/mol. The summed E-state index contributed by atoms with van der Waals surface area (Å²) in [5.74, 6) is 0.287. The minimum absolute atomic E-state index is 0.0313. The van der Waals surface area contributed by atoms with Crippen LogP contribution in [0.2, 0.25) is 0 Å². The number of nitrogens with one attached hydrogen (secondary N) is 2. The molecular weight excluding hydrogens is 370 g/mol. The maximum absolute atomic E-state index is 10.7. The molecular formula is C16H13N7O5. The molecule has 12 heteroatoms. The quantitative estimate of drug-likeness (QED) is 0.458. The minimum atomic E-state index is -0.498. The summed E-state index contributed by atoms with van der Waals surface area (Å²) < 4.78 is 5.05. The molecule has 0 spiro atoms. The molecule has 3 rings (SSSR count). The molecule has 3 aromatic rings. The van der Waals surface area contributed by atoms with Crippen molar-refractivity contribution in [3.8, 4) is 6.01 Å². The highest BCUT2D eigenvalue weighted by Crippen LogP contribution is 2.22. The molecule has 0 saturated carbocycles. The summed E-state index contributed by atoms with van der Waals surface area (Å²) in [6.45, 7) is 0. The first kappa shape index (κ1) is 18.4. The van der Waals surface area contributed by atoms with Crippen molar-refractivity contribution < 1.29 is 14.6 Å². The molecule has 0 atom stereocenters. The van der Waals surface area contributed by atoms with E-state index in [4.69, 9.17) is 4.74 Å². The number of methoxy groups -OCH3 is 1. The van der Waals surface area contributed by atoms with E-state index in [1.165, 1.54) is 55.6 Å². The van der Waals surface area contributed by atoms with Gasteiger partial charge in [-0.05, 0) is 24.3 Å². The topological polar surface area (TPSA) is 158 Å². The van der Waals surface area contributed by atoms with Gasteiger partial charge in [0.1, 0.15) is 0 Å². The highest BCUT2D eigenvalue weighted by atomic mass is 16.6. The summed E-state index contributed by atoms with van der Waals surface area (Å²) in [6.07, 6.45) is 0. The largest absolute Gasteiger partial charge is 0.467 e. The fraction of sp³-hybridized carbons (Fsp3) is 0.0625. The number of aromatic nitrogens is 3. The Bertz CT molecular complexity index is 931. The van der Waals surface area contributed by atoms with Gasteiger partial charge < -0.3 is 15.4 Å². The standard InChI is InChI=1S/C16H13N7O5/c1-28-16-20-14(17-10-2-6-12(7-3-10)22(24)25)19-15(21-16)18-11-4-8-13(9-5-11)23(26)27/h2-9H,1H3,(H2,17,18,19,20,21). The van der Waals surface area contributed by atoms with E-state index in [0.29, 0.717) is 11.4 Å². The first-order valence-electron chi connectivity index (χ1n) is 7.77. The number of hydrogen-bond acceptors (Lipinski definition) is 10. The van der Waals surface area contributed by atoms with Gasteiger partial charge in [-0.2, -0.15) is 15.0 Å². The number of benzene rings is 2. The number of non-ortho nitro benzene ring substituents is 2. The Balaban J connectivity index is 1.81. The van der Waals surface area contributed by atoms with Crippen LogP contribution in [0.4, 0.5) is 34.6 Å². The number of nitrogens with zero attached hydrogens (tertiary/aromatic N) is 5. The lowest BCUT2D eigenvalue weighted by Gasteiger charge is -2.09. The van der Waals surface area contributed by atoms with E-state index in [2.05, 4.69) is 25.6 Å². The highest BCUT2D eigenvalue weighted by molar-refractivity contribution is 5.59. The summed E-state index contributed by atoms with van der Waals surface area (Å²) >= 11 is 0. The summed E-state index contributed by atoms with van der Waals surface area (Å²) in [7, 11) is 1.39. The van der Waals surface area contributed by atoms with Crippen molar-refractivity contribution in [2.75, 3.05) is 17.7 Å². The van der Waals surface area contributed by atoms with Gasteiger partial charge in [0.15, 0.2) is 0 Å². The number of nitro benzene ring substituents is 2. The third kappa shape index (κ3) is 4.43. The van der Waals surface area contributed by atoms with Gasteiger partial charge in [0.2, 0.25) is 11.9 Å². The lowest BCUT2D eigenvalue weighted by molar-refractivity contribution is -0.385. The summed E-state index contributed by atoms with van der Waals surface area (Å²) in [6, 6.07) is 11.5. The maximum atomic E-state index is 10.7. The average Bonchev–Trinajstić information content (AvgIpc) is 2.68. The molecule has 0 unspecified atom stereocenters. The van der Waals surface area contributed by atoms with Crippen molar-refractivity contribution in [3.05, 3.63) is 68.8 Å². The Kier molecular flexibility index (Phi) is 5.21. The van der Waals surface area contributed by atoms with Crippen LogP contribution in [-0.4, -0.2) is 31.9 Å². The molecule has 1 aromatic heterocycles. The van der Waals surface area contributed by atoms with Crippen LogP contribution in [0.3, 0.4) is 0 Å². The molecule has 0 radical (unpaired) electrons. The fourth-order valence-electron chi connectivity index (χ4n) is 2.15. The smallest absolute Gasteiger partial charge is 0.322 e. The first-order chi connectivity index (χ1) is 13.4. The predicted molar refractivity (Wildman–Crippen MR) is 99.1 cm³/mol. The van der Waals surface area contributed by atoms with Gasteiger partial charge in [0.05, 0.1) is 17.0 Å². The Morgan fingerprint density at radius 3 is 1.46 bits per heavy atom. The highest BCUT2D eigenvalue weighted by Gasteiger charge is 2.10. The lowest BCUT2D eigenvalue weighted by atomic mass is 10.3. The normalized spacial score (nSPS) is 10.2. The second kappa shape index (κ2) is 7.90. The van der Waals surface area contributed by atoms with Crippen LogP contribution in [0, 0.1) is 20.2 Å². The second-order valence-corrected chi connectivity index (χ2v) is 5.33. The van der Waals surface area contributed by atoms with Gasteiger partial charge in [-0.1, -0.05) is 0 Å². The Labute approximate surface area is 157 Å². The second-order valence-electron chi connectivity index (χ2n) is 5.33. The molecule has 28 heavy (non-hydrogen) atoms. The van der Waals surface area contributed by atoms with Crippen LogP contribution < -0.4 is 15.4 Å². The van der Waals surface area contributed by atoms with Gasteiger partial charge in [-0.15, -0.1) is 0 Å². The van der Waals surface area contributed by atoms with E-state index in [0.717, 1.165) is 0 Å². The number of hydrogen-bond donors (Lipinski definition) is 2. The lowest BCUT2D eigenvalue weighted by Crippen LogP contribution is -2.05. The molecule has 2 aromatic carbocycles. The van der Waals surface area contributed by atoms with E-state index in [9.17, 15) is 20.2 Å². The van der Waals surface area contributed by atoms with Crippen molar-refractivity contribution in [1.29, 1.82) is 0 Å². The van der Waals surface area contributed by atoms with Crippen molar-refractivity contribution in [2.45, 2.75) is 0 Å². The zero-order chi connectivity index (χ0) is 20.1. The van der Waals surface area contributed by atoms with Gasteiger partial charge in [0.25, 0.3) is 11.4 Å². The molecule has 0 bridgehead atoms. The molecule has 0 amide bonds. The van der Waals surface area contributed by atoms with Crippen LogP contribution in [0.5, 0.6) is 6.01 Å². The van der Waals surface area contributed by atoms with Gasteiger partial charge >= 0.3 is 6.01 Å². The van der Waals surface area contributed by atoms with Crippen LogP contribution in [0.15, 0.2) is 48.5 Å². The molecule has 0 fully saturated rings. The predicted octanol–water partition coefficient (Wildman–Crippen LogP) is 3.18. The Hall–Kier alpha value is -4.35. The molecule has 0 aliphatic rings. The Morgan fingerprint density at radius 2 is 1.14 bits per heavy atom. The van der Waals surface area contributed by atoms with E-state index >= 15 is 0 Å². The van der Waals surface area contributed by atoms with Gasteiger partial charge in [-0.3, -0.25) is 20.2 Å². The van der Waals surface area contributed by atoms with Gasteiger partial charge in [-0.25, -0.2) is 0 Å². The number of rotatable bonds is 7. The number of nitro groups is 2. The first-order valence-corrected chi connectivity index (χ1v) is 7.77. The maximum Gasteiger partial charge on any atom is 0.322 e. The van der Waals surface area contributed by atoms with Crippen LogP contribution in [-0.2, 0) is 0 Å². The molecule has 2 N–H and O–H groups in total. The van der Waals surface area contributed by atoms with E-state index in [1.807, 2.05) is 0 Å². The SMILES string of the molecule is COc1nc(Nc2ccc([N+](=O)[O-])cc2)nc(Nc2ccc([N+](=O)[O-])cc2)n1. The van der Waals surface area contributed by atoms with Crippen LogP contribution in [0.25, 0.3) is 0 Å². The van der Waals surface area contributed by atoms with Crippen molar-refractivity contribution in [1.82, 2.24) is 15.0 Å². The van der Waals surface area contributed by atoms with E-state index < -0.39 is 9.85 Å². The van der Waals surface area contributed by atoms with Crippen molar-refractivity contribution in [2.24, 2.45) is 0 Å². The molecule has 12 nitrogen and oxygen atoms in total. The molecule has 0 aliphatic carbocycles. The fourth-order valence-corrected chi connectivity index (χ4v) is 2.15. The Morgan fingerprint density at radius 1 is 0.750 bits per heavy atom. The molecule has 1 heterocycles. The number of ether oxygens (including phenoxy) is 1.